The average Bonchev–Trinajstić information content (AvgIpc) is 2.88. The molecule has 1 amide bonds. The first-order valence-electron chi connectivity index (χ1n) is 6.36. The third-order valence-corrected chi connectivity index (χ3v) is 2.40. The van der Waals surface area contributed by atoms with Crippen molar-refractivity contribution in [1.29, 1.82) is 0 Å². The number of hydrogen-bond acceptors (Lipinski definition) is 5. The Morgan fingerprint density at radius 2 is 2.05 bits per heavy atom. The van der Waals surface area contributed by atoms with Crippen molar-refractivity contribution in [3.8, 4) is 0 Å². The highest BCUT2D eigenvalue weighted by atomic mass is 16.3. The standard InChI is InChI=1S/C14H18N4O2/c1-14(2,3)16-12-7-6-11(17-18-12)13(19)15-9-10-5-4-8-20-10/h4-8H,9H2,1-3H3,(H,15,19)(H,16,18). The molecule has 0 aliphatic heterocycles. The van der Waals surface area contributed by atoms with Crippen LogP contribution in [-0.4, -0.2) is 21.6 Å². The summed E-state index contributed by atoms with van der Waals surface area (Å²) in [5.41, 5.74) is 0.175. The van der Waals surface area contributed by atoms with Gasteiger partial charge >= 0.3 is 0 Å². The van der Waals surface area contributed by atoms with Gasteiger partial charge in [0.25, 0.3) is 5.91 Å². The van der Waals surface area contributed by atoms with Crippen LogP contribution in [0.1, 0.15) is 37.0 Å². The fraction of sp³-hybridized carbons (Fsp3) is 0.357. The second kappa shape index (κ2) is 5.73. The summed E-state index contributed by atoms with van der Waals surface area (Å²) in [6.45, 7) is 6.41. The molecule has 0 radical (unpaired) electrons. The summed E-state index contributed by atoms with van der Waals surface area (Å²) in [4.78, 5) is 11.9. The van der Waals surface area contributed by atoms with Gasteiger partial charge in [0.15, 0.2) is 5.69 Å². The number of carbonyl (C=O) groups excluding carboxylic acids is 1. The second-order valence-corrected chi connectivity index (χ2v) is 5.44. The predicted octanol–water partition coefficient (Wildman–Crippen LogP) is 2.21. The van der Waals surface area contributed by atoms with Gasteiger partial charge in [0.1, 0.15) is 11.6 Å². The third-order valence-electron chi connectivity index (χ3n) is 2.40. The van der Waals surface area contributed by atoms with E-state index in [1.54, 1.807) is 30.5 Å². The van der Waals surface area contributed by atoms with Crippen molar-refractivity contribution in [2.45, 2.75) is 32.9 Å². The topological polar surface area (TPSA) is 80.0 Å². The molecule has 6 heteroatoms. The lowest BCUT2D eigenvalue weighted by molar-refractivity contribution is 0.0942. The number of aromatic nitrogens is 2. The van der Waals surface area contributed by atoms with Crippen LogP contribution in [0, 0.1) is 0 Å². The largest absolute Gasteiger partial charge is 0.467 e. The maximum atomic E-state index is 11.9. The minimum absolute atomic E-state index is 0.0995. The van der Waals surface area contributed by atoms with E-state index >= 15 is 0 Å². The molecular formula is C14H18N4O2. The Kier molecular flexibility index (Phi) is 4.02. The summed E-state index contributed by atoms with van der Waals surface area (Å²) in [6.07, 6.45) is 1.56. The van der Waals surface area contributed by atoms with Crippen LogP contribution in [0.15, 0.2) is 34.9 Å². The van der Waals surface area contributed by atoms with Gasteiger partial charge in [-0.25, -0.2) is 0 Å². The van der Waals surface area contributed by atoms with Gasteiger partial charge in [-0.2, -0.15) is 0 Å². The van der Waals surface area contributed by atoms with E-state index in [1.165, 1.54) is 0 Å². The fourth-order valence-electron chi connectivity index (χ4n) is 1.58. The van der Waals surface area contributed by atoms with Crippen LogP contribution >= 0.6 is 0 Å². The molecule has 0 fully saturated rings. The van der Waals surface area contributed by atoms with Crippen LogP contribution < -0.4 is 10.6 Å². The van der Waals surface area contributed by atoms with E-state index in [0.717, 1.165) is 0 Å². The van der Waals surface area contributed by atoms with E-state index in [1.807, 2.05) is 20.8 Å². The number of anilines is 1. The zero-order valence-electron chi connectivity index (χ0n) is 11.8. The van der Waals surface area contributed by atoms with E-state index in [-0.39, 0.29) is 17.1 Å². The molecular weight excluding hydrogens is 256 g/mol. The summed E-state index contributed by atoms with van der Waals surface area (Å²) < 4.78 is 5.13. The molecule has 2 heterocycles. The lowest BCUT2D eigenvalue weighted by Gasteiger charge is -2.20. The van der Waals surface area contributed by atoms with Gasteiger partial charge in [0.2, 0.25) is 0 Å². The Hall–Kier alpha value is -2.37. The number of nitrogens with zero attached hydrogens (tertiary/aromatic N) is 2. The van der Waals surface area contributed by atoms with Gasteiger partial charge in [-0.05, 0) is 45.0 Å². The van der Waals surface area contributed by atoms with Crippen molar-refractivity contribution in [3.05, 3.63) is 42.0 Å². The molecule has 0 saturated heterocycles. The lowest BCUT2D eigenvalue weighted by Crippen LogP contribution is -2.27. The smallest absolute Gasteiger partial charge is 0.272 e. The van der Waals surface area contributed by atoms with Crippen molar-refractivity contribution >= 4 is 11.7 Å². The molecule has 2 aromatic heterocycles. The molecule has 0 bridgehead atoms. The molecule has 2 rings (SSSR count). The lowest BCUT2D eigenvalue weighted by atomic mass is 10.1. The second-order valence-electron chi connectivity index (χ2n) is 5.44. The monoisotopic (exact) mass is 274 g/mol. The number of amides is 1. The molecule has 0 aromatic carbocycles. The van der Waals surface area contributed by atoms with Crippen LogP contribution in [0.25, 0.3) is 0 Å². The van der Waals surface area contributed by atoms with Gasteiger partial charge < -0.3 is 15.1 Å². The summed E-state index contributed by atoms with van der Waals surface area (Å²) in [5, 5.41) is 13.8. The number of nitrogens with one attached hydrogen (secondary N) is 2. The Labute approximate surface area is 117 Å². The zero-order chi connectivity index (χ0) is 14.6. The van der Waals surface area contributed by atoms with Crippen molar-refractivity contribution in [2.24, 2.45) is 0 Å². The minimum Gasteiger partial charge on any atom is -0.467 e. The molecule has 0 aliphatic carbocycles. The maximum Gasteiger partial charge on any atom is 0.272 e. The van der Waals surface area contributed by atoms with Crippen molar-refractivity contribution in [3.63, 3.8) is 0 Å². The predicted molar refractivity (Wildman–Crippen MR) is 75.3 cm³/mol. The van der Waals surface area contributed by atoms with Gasteiger partial charge in [0.05, 0.1) is 12.8 Å². The van der Waals surface area contributed by atoms with Gasteiger partial charge in [-0.1, -0.05) is 0 Å². The van der Waals surface area contributed by atoms with Gasteiger partial charge in [-0.3, -0.25) is 4.79 Å². The maximum absolute atomic E-state index is 11.9. The molecule has 20 heavy (non-hydrogen) atoms. The van der Waals surface area contributed by atoms with E-state index in [2.05, 4.69) is 20.8 Å². The molecule has 0 aliphatic rings. The molecule has 0 saturated carbocycles. The van der Waals surface area contributed by atoms with Crippen LogP contribution in [0.2, 0.25) is 0 Å². The SMILES string of the molecule is CC(C)(C)Nc1ccc(C(=O)NCc2ccco2)nn1. The van der Waals surface area contributed by atoms with E-state index in [0.29, 0.717) is 18.1 Å². The van der Waals surface area contributed by atoms with Crippen molar-refractivity contribution < 1.29 is 9.21 Å². The normalized spacial score (nSPS) is 11.2. The molecule has 2 N–H and O–H groups in total. The molecule has 2 aromatic rings. The first-order chi connectivity index (χ1) is 9.44. The van der Waals surface area contributed by atoms with Crippen LogP contribution in [0.4, 0.5) is 5.82 Å². The van der Waals surface area contributed by atoms with Crippen molar-refractivity contribution in [1.82, 2.24) is 15.5 Å². The quantitative estimate of drug-likeness (QED) is 0.893. The van der Waals surface area contributed by atoms with E-state index in [4.69, 9.17) is 4.42 Å². The fourth-order valence-corrected chi connectivity index (χ4v) is 1.58. The van der Waals surface area contributed by atoms with Crippen LogP contribution in [0.3, 0.4) is 0 Å². The highest BCUT2D eigenvalue weighted by Crippen LogP contribution is 2.10. The molecule has 0 spiro atoms. The molecule has 106 valence electrons. The molecule has 0 atom stereocenters. The molecule has 0 unspecified atom stereocenters. The summed E-state index contributed by atoms with van der Waals surface area (Å²) >= 11 is 0. The first kappa shape index (κ1) is 14.0. The Bertz CT molecular complexity index is 556. The summed E-state index contributed by atoms with van der Waals surface area (Å²) in [6, 6.07) is 6.94. The van der Waals surface area contributed by atoms with Crippen molar-refractivity contribution in [2.75, 3.05) is 5.32 Å². The Morgan fingerprint density at radius 3 is 2.60 bits per heavy atom. The van der Waals surface area contributed by atoms with Gasteiger partial charge in [-0.15, -0.1) is 10.2 Å². The highest BCUT2D eigenvalue weighted by molar-refractivity contribution is 5.92. The number of hydrogen-bond donors (Lipinski definition) is 2. The van der Waals surface area contributed by atoms with E-state index in [9.17, 15) is 4.79 Å². The third kappa shape index (κ3) is 4.08. The van der Waals surface area contributed by atoms with E-state index < -0.39 is 0 Å². The first-order valence-corrected chi connectivity index (χ1v) is 6.36. The van der Waals surface area contributed by atoms with Gasteiger partial charge in [0, 0.05) is 5.54 Å². The zero-order valence-corrected chi connectivity index (χ0v) is 11.8. The Morgan fingerprint density at radius 1 is 1.25 bits per heavy atom. The average molecular weight is 274 g/mol. The number of carbonyl (C=O) groups is 1. The Balaban J connectivity index is 1.93. The highest BCUT2D eigenvalue weighted by Gasteiger charge is 2.12. The molecule has 6 nitrogen and oxygen atoms in total. The minimum atomic E-state index is -0.281. The number of rotatable bonds is 4. The van der Waals surface area contributed by atoms with Crippen LogP contribution in [0.5, 0.6) is 0 Å². The number of furan rings is 1. The van der Waals surface area contributed by atoms with Crippen LogP contribution in [-0.2, 0) is 6.54 Å². The summed E-state index contributed by atoms with van der Waals surface area (Å²) in [5.74, 6) is 1.05. The summed E-state index contributed by atoms with van der Waals surface area (Å²) in [7, 11) is 0.